The molecular formula is C11H14BrN3O3S. The van der Waals surface area contributed by atoms with Gasteiger partial charge in [-0.1, -0.05) is 0 Å². The second-order valence-corrected chi connectivity index (χ2v) is 7.25. The van der Waals surface area contributed by atoms with Gasteiger partial charge in [-0.3, -0.25) is 4.79 Å². The standard InChI is InChI=1S/C11H14BrN3O3S/c1-19(17,18)15-6-4-8(7-15)14-11(16)10-9(12)3-2-5-13-10/h2-3,5,8H,4,6-7H2,1H3,(H,14,16). The zero-order chi connectivity index (χ0) is 14.0. The van der Waals surface area contributed by atoms with Crippen LogP contribution in [0, 0.1) is 0 Å². The molecule has 1 unspecified atom stereocenters. The fraction of sp³-hybridized carbons (Fsp3) is 0.455. The first-order chi connectivity index (χ1) is 8.88. The van der Waals surface area contributed by atoms with Crippen LogP contribution < -0.4 is 5.32 Å². The van der Waals surface area contributed by atoms with E-state index in [-0.39, 0.29) is 11.9 Å². The minimum absolute atomic E-state index is 0.170. The van der Waals surface area contributed by atoms with Crippen LogP contribution in [0.15, 0.2) is 22.8 Å². The van der Waals surface area contributed by atoms with Gasteiger partial charge in [0.25, 0.3) is 5.91 Å². The Morgan fingerprint density at radius 3 is 2.89 bits per heavy atom. The van der Waals surface area contributed by atoms with E-state index in [2.05, 4.69) is 26.2 Å². The number of hydrogen-bond donors (Lipinski definition) is 1. The molecule has 1 aliphatic rings. The molecule has 8 heteroatoms. The first-order valence-corrected chi connectivity index (χ1v) is 8.38. The lowest BCUT2D eigenvalue weighted by Gasteiger charge is -2.14. The van der Waals surface area contributed by atoms with Crippen LogP contribution in [-0.2, 0) is 10.0 Å². The minimum atomic E-state index is -3.19. The SMILES string of the molecule is CS(=O)(=O)N1CCC(NC(=O)c2ncccc2Br)C1. The summed E-state index contributed by atoms with van der Waals surface area (Å²) >= 11 is 3.26. The van der Waals surface area contributed by atoms with Crippen molar-refractivity contribution in [2.24, 2.45) is 0 Å². The number of amides is 1. The predicted molar refractivity (Wildman–Crippen MR) is 74.2 cm³/mol. The summed E-state index contributed by atoms with van der Waals surface area (Å²) in [5.41, 5.74) is 0.306. The summed E-state index contributed by atoms with van der Waals surface area (Å²) in [7, 11) is -3.19. The summed E-state index contributed by atoms with van der Waals surface area (Å²) in [6.07, 6.45) is 3.33. The third-order valence-electron chi connectivity index (χ3n) is 2.93. The van der Waals surface area contributed by atoms with Gasteiger partial charge in [-0.15, -0.1) is 0 Å². The molecule has 6 nitrogen and oxygen atoms in total. The average Bonchev–Trinajstić information content (AvgIpc) is 2.77. The highest BCUT2D eigenvalue weighted by Gasteiger charge is 2.30. The minimum Gasteiger partial charge on any atom is -0.347 e. The summed E-state index contributed by atoms with van der Waals surface area (Å²) in [6, 6.07) is 3.29. The predicted octanol–water partition coefficient (Wildman–Crippen LogP) is 0.608. The number of nitrogens with zero attached hydrogens (tertiary/aromatic N) is 2. The Morgan fingerprint density at radius 1 is 1.58 bits per heavy atom. The maximum absolute atomic E-state index is 12.0. The number of aromatic nitrogens is 1. The van der Waals surface area contributed by atoms with Gasteiger partial charge in [0.2, 0.25) is 10.0 Å². The Bertz CT molecular complexity index is 591. The maximum Gasteiger partial charge on any atom is 0.271 e. The zero-order valence-electron chi connectivity index (χ0n) is 10.3. The van der Waals surface area contributed by atoms with E-state index < -0.39 is 10.0 Å². The fourth-order valence-corrected chi connectivity index (χ4v) is 3.28. The molecule has 2 heterocycles. The van der Waals surface area contributed by atoms with Crippen LogP contribution in [0.5, 0.6) is 0 Å². The lowest BCUT2D eigenvalue weighted by Crippen LogP contribution is -2.38. The van der Waals surface area contributed by atoms with Crippen LogP contribution >= 0.6 is 15.9 Å². The third kappa shape index (κ3) is 3.52. The lowest BCUT2D eigenvalue weighted by atomic mass is 10.2. The summed E-state index contributed by atoms with van der Waals surface area (Å²) in [6.45, 7) is 0.752. The van der Waals surface area contributed by atoms with Gasteiger partial charge in [-0.25, -0.2) is 17.7 Å². The quantitative estimate of drug-likeness (QED) is 0.868. The highest BCUT2D eigenvalue weighted by Crippen LogP contribution is 2.16. The van der Waals surface area contributed by atoms with Gasteiger partial charge in [-0.2, -0.15) is 0 Å². The van der Waals surface area contributed by atoms with Crippen LogP contribution in [0.3, 0.4) is 0 Å². The van der Waals surface area contributed by atoms with Crippen molar-refractivity contribution in [3.63, 3.8) is 0 Å². The van der Waals surface area contributed by atoms with E-state index in [9.17, 15) is 13.2 Å². The van der Waals surface area contributed by atoms with Gasteiger partial charge in [0.05, 0.1) is 6.26 Å². The molecule has 2 rings (SSSR count). The van der Waals surface area contributed by atoms with Crippen LogP contribution in [0.2, 0.25) is 0 Å². The molecular weight excluding hydrogens is 334 g/mol. The first-order valence-electron chi connectivity index (χ1n) is 5.74. The van der Waals surface area contributed by atoms with Gasteiger partial charge in [0.15, 0.2) is 0 Å². The molecule has 0 bridgehead atoms. The molecule has 1 aliphatic heterocycles. The fourth-order valence-electron chi connectivity index (χ4n) is 1.95. The van der Waals surface area contributed by atoms with Gasteiger partial charge in [0.1, 0.15) is 5.69 Å². The van der Waals surface area contributed by atoms with Crippen molar-refractivity contribution < 1.29 is 13.2 Å². The third-order valence-corrected chi connectivity index (χ3v) is 4.84. The molecule has 1 saturated heterocycles. The molecule has 0 saturated carbocycles. The Balaban J connectivity index is 2.00. The van der Waals surface area contributed by atoms with Crippen molar-refractivity contribution in [3.8, 4) is 0 Å². The topological polar surface area (TPSA) is 79.4 Å². The molecule has 1 amide bonds. The number of carbonyl (C=O) groups excluding carboxylic acids is 1. The average molecular weight is 348 g/mol. The van der Waals surface area contributed by atoms with Crippen LogP contribution in [0.25, 0.3) is 0 Å². The molecule has 19 heavy (non-hydrogen) atoms. The lowest BCUT2D eigenvalue weighted by molar-refractivity contribution is 0.0933. The van der Waals surface area contributed by atoms with E-state index in [0.29, 0.717) is 29.7 Å². The number of rotatable bonds is 3. The van der Waals surface area contributed by atoms with E-state index >= 15 is 0 Å². The van der Waals surface area contributed by atoms with Crippen molar-refractivity contribution in [1.29, 1.82) is 0 Å². The number of halogens is 1. The molecule has 1 fully saturated rings. The number of hydrogen-bond acceptors (Lipinski definition) is 4. The van der Waals surface area contributed by atoms with Crippen molar-refractivity contribution in [2.75, 3.05) is 19.3 Å². The normalized spacial score (nSPS) is 20.4. The molecule has 0 aromatic carbocycles. The highest BCUT2D eigenvalue weighted by molar-refractivity contribution is 9.10. The van der Waals surface area contributed by atoms with E-state index in [4.69, 9.17) is 0 Å². The Labute approximate surface area is 120 Å². The van der Waals surface area contributed by atoms with Crippen LogP contribution in [0.1, 0.15) is 16.9 Å². The number of carbonyl (C=O) groups is 1. The molecule has 0 radical (unpaired) electrons. The van der Waals surface area contributed by atoms with Crippen molar-refractivity contribution in [3.05, 3.63) is 28.5 Å². The largest absolute Gasteiger partial charge is 0.347 e. The molecule has 0 aliphatic carbocycles. The van der Waals surface area contributed by atoms with E-state index in [1.807, 2.05) is 0 Å². The van der Waals surface area contributed by atoms with E-state index in [1.54, 1.807) is 12.1 Å². The Morgan fingerprint density at radius 2 is 2.32 bits per heavy atom. The first kappa shape index (κ1) is 14.4. The van der Waals surface area contributed by atoms with Crippen LogP contribution in [-0.4, -0.2) is 49.0 Å². The zero-order valence-corrected chi connectivity index (χ0v) is 12.7. The summed E-state index contributed by atoms with van der Waals surface area (Å²) < 4.78 is 24.7. The highest BCUT2D eigenvalue weighted by atomic mass is 79.9. The number of pyridine rings is 1. The summed E-state index contributed by atoms with van der Waals surface area (Å²) in [5, 5.41) is 2.80. The van der Waals surface area contributed by atoms with E-state index in [0.717, 1.165) is 0 Å². The molecule has 1 aromatic rings. The molecule has 104 valence electrons. The van der Waals surface area contributed by atoms with Gasteiger partial charge in [0, 0.05) is 29.8 Å². The second-order valence-electron chi connectivity index (χ2n) is 4.41. The van der Waals surface area contributed by atoms with Crippen molar-refractivity contribution >= 4 is 31.9 Å². The van der Waals surface area contributed by atoms with Gasteiger partial charge < -0.3 is 5.32 Å². The Hall–Kier alpha value is -0.990. The molecule has 0 spiro atoms. The van der Waals surface area contributed by atoms with Crippen LogP contribution in [0.4, 0.5) is 0 Å². The second kappa shape index (κ2) is 5.56. The molecule has 1 atom stereocenters. The smallest absolute Gasteiger partial charge is 0.271 e. The van der Waals surface area contributed by atoms with Gasteiger partial charge >= 0.3 is 0 Å². The molecule has 1 N–H and O–H groups in total. The number of sulfonamides is 1. The van der Waals surface area contributed by atoms with Gasteiger partial charge in [-0.05, 0) is 34.5 Å². The monoisotopic (exact) mass is 347 g/mol. The summed E-state index contributed by atoms with van der Waals surface area (Å²) in [4.78, 5) is 16.0. The maximum atomic E-state index is 12.0. The van der Waals surface area contributed by atoms with Crippen molar-refractivity contribution in [1.82, 2.24) is 14.6 Å². The molecule has 1 aromatic heterocycles. The summed E-state index contributed by atoms with van der Waals surface area (Å²) in [5.74, 6) is -0.298. The number of nitrogens with one attached hydrogen (secondary N) is 1. The Kier molecular flexibility index (Phi) is 4.22. The van der Waals surface area contributed by atoms with E-state index in [1.165, 1.54) is 16.8 Å². The van der Waals surface area contributed by atoms with Crippen molar-refractivity contribution in [2.45, 2.75) is 12.5 Å².